The van der Waals surface area contributed by atoms with Crippen LogP contribution in [0.25, 0.3) is 0 Å². The molecule has 19 heavy (non-hydrogen) atoms. The molecule has 0 radical (unpaired) electrons. The Kier molecular flexibility index (Phi) is 4.02. The van der Waals surface area contributed by atoms with Crippen LogP contribution in [0.15, 0.2) is 42.5 Å². The fraction of sp³-hybridized carbons (Fsp3) is 0.143. The lowest BCUT2D eigenvalue weighted by atomic mass is 10.1. The second-order valence-corrected chi connectivity index (χ2v) is 4.62. The fourth-order valence-electron chi connectivity index (χ4n) is 1.79. The molecule has 0 aliphatic rings. The minimum atomic E-state index is -0.476. The van der Waals surface area contributed by atoms with Gasteiger partial charge in [-0.2, -0.15) is 0 Å². The average molecular weight is 277 g/mol. The number of benzene rings is 2. The molecule has 1 N–H and O–H groups in total. The Hall–Kier alpha value is -2.07. The maximum absolute atomic E-state index is 10.8. The molecule has 98 valence electrons. The number of nitro groups is 1. The van der Waals surface area contributed by atoms with E-state index < -0.39 is 4.92 Å². The van der Waals surface area contributed by atoms with Crippen molar-refractivity contribution in [2.24, 2.45) is 0 Å². The summed E-state index contributed by atoms with van der Waals surface area (Å²) in [5, 5.41) is 14.1. The van der Waals surface area contributed by atoms with Crippen molar-refractivity contribution < 1.29 is 4.92 Å². The lowest BCUT2D eigenvalue weighted by molar-refractivity contribution is -0.384. The first kappa shape index (κ1) is 13.4. The summed E-state index contributed by atoms with van der Waals surface area (Å²) in [5.41, 5.74) is 2.67. The summed E-state index contributed by atoms with van der Waals surface area (Å²) < 4.78 is 0. The number of hydrogen-bond donors (Lipinski definition) is 1. The molecule has 0 aromatic heterocycles. The summed E-state index contributed by atoms with van der Waals surface area (Å²) in [5.74, 6) is 0. The van der Waals surface area contributed by atoms with Gasteiger partial charge in [0.1, 0.15) is 5.02 Å². The van der Waals surface area contributed by atoms with Crippen LogP contribution in [0.5, 0.6) is 0 Å². The second kappa shape index (κ2) is 5.71. The van der Waals surface area contributed by atoms with Crippen molar-refractivity contribution >= 4 is 23.0 Å². The highest BCUT2D eigenvalue weighted by Crippen LogP contribution is 2.30. The third kappa shape index (κ3) is 3.23. The van der Waals surface area contributed by atoms with Crippen molar-refractivity contribution in [1.29, 1.82) is 0 Å². The maximum Gasteiger partial charge on any atom is 0.288 e. The van der Waals surface area contributed by atoms with E-state index in [9.17, 15) is 10.1 Å². The molecule has 0 saturated carbocycles. The van der Waals surface area contributed by atoms with Crippen LogP contribution < -0.4 is 5.32 Å². The number of aryl methyl sites for hydroxylation is 1. The van der Waals surface area contributed by atoms with E-state index in [0.29, 0.717) is 6.54 Å². The smallest absolute Gasteiger partial charge is 0.288 e. The molecular formula is C14H13ClN2O2. The van der Waals surface area contributed by atoms with Crippen molar-refractivity contribution in [2.45, 2.75) is 13.5 Å². The quantitative estimate of drug-likeness (QED) is 0.673. The van der Waals surface area contributed by atoms with E-state index in [4.69, 9.17) is 11.6 Å². The summed E-state index contributed by atoms with van der Waals surface area (Å²) in [6.07, 6.45) is 0. The Labute approximate surface area is 116 Å². The molecule has 0 heterocycles. The first-order valence-corrected chi connectivity index (χ1v) is 6.18. The molecule has 0 unspecified atom stereocenters. The van der Waals surface area contributed by atoms with Crippen LogP contribution >= 0.6 is 11.6 Å². The van der Waals surface area contributed by atoms with Gasteiger partial charge in [-0.25, -0.2) is 0 Å². The predicted molar refractivity (Wildman–Crippen MR) is 76.6 cm³/mol. The third-order valence-corrected chi connectivity index (χ3v) is 3.12. The van der Waals surface area contributed by atoms with Gasteiger partial charge >= 0.3 is 0 Å². The third-order valence-electron chi connectivity index (χ3n) is 2.82. The van der Waals surface area contributed by atoms with Crippen LogP contribution in [0.2, 0.25) is 5.02 Å². The van der Waals surface area contributed by atoms with Crippen molar-refractivity contribution in [1.82, 2.24) is 0 Å². The lowest BCUT2D eigenvalue weighted by Gasteiger charge is -2.10. The van der Waals surface area contributed by atoms with Crippen LogP contribution in [0, 0.1) is 17.0 Å². The molecule has 0 aliphatic heterocycles. The molecule has 2 aromatic rings. The van der Waals surface area contributed by atoms with Crippen molar-refractivity contribution in [3.05, 3.63) is 68.7 Å². The topological polar surface area (TPSA) is 55.2 Å². The summed E-state index contributed by atoms with van der Waals surface area (Å²) in [6.45, 7) is 2.46. The molecule has 0 fully saturated rings. The van der Waals surface area contributed by atoms with Gasteiger partial charge in [-0.1, -0.05) is 41.9 Å². The van der Waals surface area contributed by atoms with E-state index in [1.54, 1.807) is 6.07 Å². The van der Waals surface area contributed by atoms with Gasteiger partial charge in [-0.3, -0.25) is 10.1 Å². The first-order chi connectivity index (χ1) is 9.08. The summed E-state index contributed by atoms with van der Waals surface area (Å²) in [7, 11) is 0. The standard InChI is InChI=1S/C14H13ClN2O2/c1-10-7-14(17(18)19)12(15)8-13(10)16-9-11-5-3-2-4-6-11/h2-8,16H,9H2,1H3. The number of nitrogens with one attached hydrogen (secondary N) is 1. The number of nitrogens with zero attached hydrogens (tertiary/aromatic N) is 1. The Bertz CT molecular complexity index is 600. The fourth-order valence-corrected chi connectivity index (χ4v) is 2.02. The minimum absolute atomic E-state index is 0.0653. The van der Waals surface area contributed by atoms with E-state index in [1.165, 1.54) is 6.07 Å². The SMILES string of the molecule is Cc1cc([N+](=O)[O-])c(Cl)cc1NCc1ccccc1. The van der Waals surface area contributed by atoms with Crippen molar-refractivity contribution in [2.75, 3.05) is 5.32 Å². The normalized spacial score (nSPS) is 10.2. The van der Waals surface area contributed by atoms with E-state index in [-0.39, 0.29) is 10.7 Å². The molecule has 2 aromatic carbocycles. The van der Waals surface area contributed by atoms with Gasteiger partial charge in [0.25, 0.3) is 5.69 Å². The van der Waals surface area contributed by atoms with Crippen LogP contribution in [0.4, 0.5) is 11.4 Å². The van der Waals surface area contributed by atoms with Gasteiger partial charge in [0.2, 0.25) is 0 Å². The Morgan fingerprint density at radius 1 is 1.26 bits per heavy atom. The number of nitro benzene ring substituents is 1. The number of anilines is 1. The number of hydrogen-bond acceptors (Lipinski definition) is 3. The van der Waals surface area contributed by atoms with Gasteiger partial charge < -0.3 is 5.32 Å². The maximum atomic E-state index is 10.8. The molecule has 0 saturated heterocycles. The van der Waals surface area contributed by atoms with Gasteiger partial charge in [0, 0.05) is 18.3 Å². The lowest BCUT2D eigenvalue weighted by Crippen LogP contribution is -2.02. The number of halogens is 1. The zero-order valence-electron chi connectivity index (χ0n) is 10.4. The molecule has 2 rings (SSSR count). The zero-order valence-corrected chi connectivity index (χ0v) is 11.1. The largest absolute Gasteiger partial charge is 0.381 e. The molecule has 0 aliphatic carbocycles. The van der Waals surface area contributed by atoms with Crippen LogP contribution in [-0.4, -0.2) is 4.92 Å². The first-order valence-electron chi connectivity index (χ1n) is 5.80. The molecule has 0 amide bonds. The average Bonchev–Trinajstić information content (AvgIpc) is 2.40. The highest BCUT2D eigenvalue weighted by Gasteiger charge is 2.14. The molecule has 0 atom stereocenters. The monoisotopic (exact) mass is 276 g/mol. The summed E-state index contributed by atoms with van der Waals surface area (Å²) >= 11 is 5.90. The van der Waals surface area contributed by atoms with Gasteiger partial charge in [-0.15, -0.1) is 0 Å². The second-order valence-electron chi connectivity index (χ2n) is 4.21. The van der Waals surface area contributed by atoms with Gasteiger partial charge in [0.05, 0.1) is 4.92 Å². The Balaban J connectivity index is 2.17. The summed E-state index contributed by atoms with van der Waals surface area (Å²) in [4.78, 5) is 10.3. The van der Waals surface area contributed by atoms with Gasteiger partial charge in [-0.05, 0) is 24.1 Å². The van der Waals surface area contributed by atoms with E-state index in [0.717, 1.165) is 16.8 Å². The molecule has 5 heteroatoms. The van der Waals surface area contributed by atoms with Crippen molar-refractivity contribution in [3.8, 4) is 0 Å². The number of rotatable bonds is 4. The highest BCUT2D eigenvalue weighted by molar-refractivity contribution is 6.33. The van der Waals surface area contributed by atoms with E-state index in [2.05, 4.69) is 5.32 Å². The molecule has 0 bridgehead atoms. The molecular weight excluding hydrogens is 264 g/mol. The summed E-state index contributed by atoms with van der Waals surface area (Å²) in [6, 6.07) is 13.0. The predicted octanol–water partition coefficient (Wildman–Crippen LogP) is 4.17. The van der Waals surface area contributed by atoms with Crippen LogP contribution in [0.3, 0.4) is 0 Å². The zero-order chi connectivity index (χ0) is 13.8. The van der Waals surface area contributed by atoms with E-state index >= 15 is 0 Å². The molecule has 4 nitrogen and oxygen atoms in total. The van der Waals surface area contributed by atoms with Crippen LogP contribution in [0.1, 0.15) is 11.1 Å². The molecule has 0 spiro atoms. The Morgan fingerprint density at radius 3 is 2.58 bits per heavy atom. The Morgan fingerprint density at radius 2 is 1.95 bits per heavy atom. The van der Waals surface area contributed by atoms with Gasteiger partial charge in [0.15, 0.2) is 0 Å². The van der Waals surface area contributed by atoms with E-state index in [1.807, 2.05) is 37.3 Å². The van der Waals surface area contributed by atoms with Crippen LogP contribution in [-0.2, 0) is 6.54 Å². The minimum Gasteiger partial charge on any atom is -0.381 e. The van der Waals surface area contributed by atoms with Crippen molar-refractivity contribution in [3.63, 3.8) is 0 Å². The highest BCUT2D eigenvalue weighted by atomic mass is 35.5.